The summed E-state index contributed by atoms with van der Waals surface area (Å²) in [5, 5.41) is 0. The van der Waals surface area contributed by atoms with Crippen LogP contribution in [0, 0.1) is 5.92 Å². The maximum absolute atomic E-state index is 10.5. The van der Waals surface area contributed by atoms with Gasteiger partial charge in [0.15, 0.2) is 0 Å². The van der Waals surface area contributed by atoms with E-state index in [2.05, 4.69) is 23.5 Å². The van der Waals surface area contributed by atoms with Crippen LogP contribution < -0.4 is 0 Å². The molecule has 2 rings (SSSR count). The molecule has 2 aliphatic rings. The van der Waals surface area contributed by atoms with E-state index in [1.807, 2.05) is 0 Å². The van der Waals surface area contributed by atoms with Crippen molar-refractivity contribution in [1.82, 2.24) is 0 Å². The van der Waals surface area contributed by atoms with Gasteiger partial charge < -0.3 is 4.79 Å². The van der Waals surface area contributed by atoms with Crippen LogP contribution in [0.5, 0.6) is 0 Å². The van der Waals surface area contributed by atoms with Gasteiger partial charge in [-0.3, -0.25) is 0 Å². The van der Waals surface area contributed by atoms with Crippen molar-refractivity contribution in [2.75, 3.05) is 11.5 Å². The minimum absolute atomic E-state index is 0.373. The van der Waals surface area contributed by atoms with E-state index in [4.69, 9.17) is 0 Å². The highest BCUT2D eigenvalue weighted by Gasteiger charge is 2.38. The zero-order valence-corrected chi connectivity index (χ0v) is 8.76. The fourth-order valence-electron chi connectivity index (χ4n) is 2.00. The lowest BCUT2D eigenvalue weighted by Gasteiger charge is -2.33. The molecule has 1 spiro atoms. The highest BCUT2D eigenvalue weighted by Crippen LogP contribution is 2.53. The molecule has 1 aliphatic heterocycles. The van der Waals surface area contributed by atoms with E-state index in [0.717, 1.165) is 19.1 Å². The Morgan fingerprint density at radius 2 is 1.75 bits per heavy atom. The van der Waals surface area contributed by atoms with E-state index in [1.165, 1.54) is 24.3 Å². The largest absolute Gasteiger partial charge is 0.303 e. The highest BCUT2D eigenvalue weighted by atomic mass is 32.2. The number of rotatable bonds is 1. The molecule has 0 amide bonds. The number of aldehydes is 1. The molecule has 0 atom stereocenters. The quantitative estimate of drug-likeness (QED) is 0.608. The zero-order chi connectivity index (χ0) is 8.44. The van der Waals surface area contributed by atoms with Crippen LogP contribution in [0.2, 0.25) is 0 Å². The minimum atomic E-state index is 0.373. The first kappa shape index (κ1) is 8.95. The molecule has 3 heteroatoms. The van der Waals surface area contributed by atoms with Crippen molar-refractivity contribution >= 4 is 29.8 Å². The zero-order valence-electron chi connectivity index (χ0n) is 7.12. The maximum Gasteiger partial charge on any atom is 0.123 e. The van der Waals surface area contributed by atoms with Crippen LogP contribution in [0.15, 0.2) is 0 Å². The fraction of sp³-hybridized carbons (Fsp3) is 0.889. The first-order valence-electron chi connectivity index (χ1n) is 4.58. The second-order valence-corrected chi connectivity index (χ2v) is 6.80. The molecule has 0 aromatic heterocycles. The summed E-state index contributed by atoms with van der Waals surface area (Å²) in [7, 11) is 0. The monoisotopic (exact) mass is 202 g/mol. The van der Waals surface area contributed by atoms with Gasteiger partial charge in [-0.1, -0.05) is 0 Å². The van der Waals surface area contributed by atoms with Crippen molar-refractivity contribution in [3.63, 3.8) is 0 Å². The molecule has 0 aromatic carbocycles. The Hall–Kier alpha value is 0.370. The Labute approximate surface area is 82.1 Å². The van der Waals surface area contributed by atoms with Gasteiger partial charge in [-0.25, -0.2) is 0 Å². The molecule has 12 heavy (non-hydrogen) atoms. The molecule has 1 aliphatic carbocycles. The van der Waals surface area contributed by atoms with Crippen LogP contribution in [0.25, 0.3) is 0 Å². The van der Waals surface area contributed by atoms with E-state index >= 15 is 0 Å². The Morgan fingerprint density at radius 1 is 1.17 bits per heavy atom. The van der Waals surface area contributed by atoms with E-state index in [-0.39, 0.29) is 0 Å². The average molecular weight is 202 g/mol. The molecular formula is C9H14OS2. The van der Waals surface area contributed by atoms with Crippen molar-refractivity contribution in [3.05, 3.63) is 0 Å². The van der Waals surface area contributed by atoms with E-state index < -0.39 is 0 Å². The van der Waals surface area contributed by atoms with Gasteiger partial charge in [0.05, 0.1) is 4.08 Å². The molecule has 1 nitrogen and oxygen atoms in total. The van der Waals surface area contributed by atoms with Crippen LogP contribution in [-0.2, 0) is 4.79 Å². The van der Waals surface area contributed by atoms with E-state index in [9.17, 15) is 4.79 Å². The molecule has 2 fully saturated rings. The third-order valence-corrected chi connectivity index (χ3v) is 6.45. The normalized spacial score (nSPS) is 29.3. The lowest BCUT2D eigenvalue weighted by atomic mass is 9.90. The molecule has 0 N–H and O–H groups in total. The summed E-state index contributed by atoms with van der Waals surface area (Å²) >= 11 is 4.25. The Bertz CT molecular complexity index is 165. The van der Waals surface area contributed by atoms with Crippen molar-refractivity contribution in [2.45, 2.75) is 29.8 Å². The maximum atomic E-state index is 10.5. The lowest BCUT2D eigenvalue weighted by molar-refractivity contribution is -0.111. The van der Waals surface area contributed by atoms with Crippen LogP contribution in [0.1, 0.15) is 25.7 Å². The fourth-order valence-corrected chi connectivity index (χ4v) is 5.29. The van der Waals surface area contributed by atoms with Crippen molar-refractivity contribution in [3.8, 4) is 0 Å². The Kier molecular flexibility index (Phi) is 2.70. The van der Waals surface area contributed by atoms with E-state index in [0.29, 0.717) is 10.00 Å². The van der Waals surface area contributed by atoms with Crippen LogP contribution in [-0.4, -0.2) is 21.9 Å². The van der Waals surface area contributed by atoms with Gasteiger partial charge in [0, 0.05) is 17.4 Å². The van der Waals surface area contributed by atoms with Gasteiger partial charge in [0.2, 0.25) is 0 Å². The smallest absolute Gasteiger partial charge is 0.123 e. The predicted molar refractivity (Wildman–Crippen MR) is 55.7 cm³/mol. The molecule has 68 valence electrons. The first-order chi connectivity index (χ1) is 5.85. The molecule has 1 saturated heterocycles. The SMILES string of the molecule is O=CC1CCC2(CC1)SCCS2. The molecule has 1 saturated carbocycles. The van der Waals surface area contributed by atoms with Gasteiger partial charge in [0.25, 0.3) is 0 Å². The summed E-state index contributed by atoms with van der Waals surface area (Å²) in [4.78, 5) is 10.5. The van der Waals surface area contributed by atoms with Crippen LogP contribution in [0.3, 0.4) is 0 Å². The number of carbonyl (C=O) groups excluding carboxylic acids is 1. The van der Waals surface area contributed by atoms with Crippen molar-refractivity contribution < 1.29 is 4.79 Å². The first-order valence-corrected chi connectivity index (χ1v) is 6.55. The third-order valence-electron chi connectivity index (χ3n) is 2.80. The average Bonchev–Trinajstić information content (AvgIpc) is 2.55. The molecule has 0 aromatic rings. The summed E-state index contributed by atoms with van der Waals surface area (Å²) in [5.74, 6) is 3.00. The van der Waals surface area contributed by atoms with E-state index in [1.54, 1.807) is 0 Å². The van der Waals surface area contributed by atoms with Gasteiger partial charge in [-0.15, -0.1) is 23.5 Å². The summed E-state index contributed by atoms with van der Waals surface area (Å²) in [6.07, 6.45) is 5.92. The molecule has 1 heterocycles. The third kappa shape index (κ3) is 1.67. The molecule has 0 bridgehead atoms. The number of hydrogen-bond acceptors (Lipinski definition) is 3. The second-order valence-electron chi connectivity index (χ2n) is 3.58. The van der Waals surface area contributed by atoms with Gasteiger partial charge in [-0.05, 0) is 25.7 Å². The summed E-state index contributed by atoms with van der Waals surface area (Å²) in [6, 6.07) is 0. The predicted octanol–water partition coefficient (Wildman–Crippen LogP) is 2.55. The summed E-state index contributed by atoms with van der Waals surface area (Å²) in [6.45, 7) is 0. The van der Waals surface area contributed by atoms with Gasteiger partial charge in [-0.2, -0.15) is 0 Å². The highest BCUT2D eigenvalue weighted by molar-refractivity contribution is 8.21. The molecule has 0 radical (unpaired) electrons. The number of hydrogen-bond donors (Lipinski definition) is 0. The van der Waals surface area contributed by atoms with Gasteiger partial charge in [0.1, 0.15) is 6.29 Å². The van der Waals surface area contributed by atoms with Gasteiger partial charge >= 0.3 is 0 Å². The van der Waals surface area contributed by atoms with Crippen molar-refractivity contribution in [1.29, 1.82) is 0 Å². The Morgan fingerprint density at radius 3 is 2.25 bits per heavy atom. The number of thioether (sulfide) groups is 2. The minimum Gasteiger partial charge on any atom is -0.303 e. The lowest BCUT2D eigenvalue weighted by Crippen LogP contribution is -2.25. The molecular weight excluding hydrogens is 188 g/mol. The molecule has 0 unspecified atom stereocenters. The standard InChI is InChI=1S/C9H14OS2/c10-7-8-1-3-9(4-2-8)11-5-6-12-9/h7-8H,1-6H2. The number of carbonyl (C=O) groups is 1. The summed E-state index contributed by atoms with van der Waals surface area (Å²) < 4.78 is 0.527. The van der Waals surface area contributed by atoms with Crippen LogP contribution >= 0.6 is 23.5 Å². The Balaban J connectivity index is 1.92. The van der Waals surface area contributed by atoms with Crippen molar-refractivity contribution in [2.24, 2.45) is 5.92 Å². The summed E-state index contributed by atoms with van der Waals surface area (Å²) in [5.41, 5.74) is 0. The topological polar surface area (TPSA) is 17.1 Å². The van der Waals surface area contributed by atoms with Crippen LogP contribution in [0.4, 0.5) is 0 Å². The second kappa shape index (κ2) is 3.62.